The van der Waals surface area contributed by atoms with Crippen LogP contribution in [0.4, 0.5) is 0 Å². The summed E-state index contributed by atoms with van der Waals surface area (Å²) in [7, 11) is 1.42. The summed E-state index contributed by atoms with van der Waals surface area (Å²) in [4.78, 5) is 11.1. The topological polar surface area (TPSA) is 26.3 Å². The first-order valence-electron chi connectivity index (χ1n) is 5.43. The summed E-state index contributed by atoms with van der Waals surface area (Å²) in [6, 6.07) is 9.87. The van der Waals surface area contributed by atoms with Gasteiger partial charge in [-0.25, -0.2) is 0 Å². The van der Waals surface area contributed by atoms with Crippen molar-refractivity contribution in [2.75, 3.05) is 18.6 Å². The molecule has 0 bridgehead atoms. The molecule has 0 spiro atoms. The molecular formula is C14H16O2S. The molecule has 1 unspecified atom stereocenters. The minimum Gasteiger partial charge on any atom is -0.469 e. The molecule has 0 aromatic heterocycles. The van der Waals surface area contributed by atoms with E-state index >= 15 is 0 Å². The van der Waals surface area contributed by atoms with Gasteiger partial charge in [0, 0.05) is 11.3 Å². The molecule has 1 aromatic rings. The molecule has 17 heavy (non-hydrogen) atoms. The zero-order valence-corrected chi connectivity index (χ0v) is 10.9. The predicted octanol–water partition coefficient (Wildman–Crippen LogP) is 2.58. The van der Waals surface area contributed by atoms with Gasteiger partial charge in [-0.1, -0.05) is 37.0 Å². The van der Waals surface area contributed by atoms with Gasteiger partial charge in [0.1, 0.15) is 0 Å². The molecule has 0 amide bonds. The lowest BCUT2D eigenvalue weighted by atomic mass is 10.2. The van der Waals surface area contributed by atoms with Gasteiger partial charge in [-0.2, -0.15) is 0 Å². The molecule has 1 aromatic carbocycles. The maximum absolute atomic E-state index is 11.1. The Morgan fingerprint density at radius 3 is 2.76 bits per heavy atom. The van der Waals surface area contributed by atoms with E-state index in [9.17, 15) is 4.79 Å². The highest BCUT2D eigenvalue weighted by Crippen LogP contribution is 2.08. The van der Waals surface area contributed by atoms with Crippen LogP contribution in [0.3, 0.4) is 0 Å². The van der Waals surface area contributed by atoms with Crippen molar-refractivity contribution < 1.29 is 9.53 Å². The molecule has 0 saturated carbocycles. The summed E-state index contributed by atoms with van der Waals surface area (Å²) in [5, 5.41) is 0. The number of ether oxygens (including phenoxy) is 1. The Morgan fingerprint density at radius 1 is 1.41 bits per heavy atom. The molecule has 3 heteroatoms. The number of thioether (sulfide) groups is 1. The molecular weight excluding hydrogens is 232 g/mol. The van der Waals surface area contributed by atoms with Gasteiger partial charge in [0.05, 0.1) is 18.8 Å². The summed E-state index contributed by atoms with van der Waals surface area (Å²) >= 11 is 1.65. The molecule has 0 radical (unpaired) electrons. The van der Waals surface area contributed by atoms with Crippen LogP contribution in [0.15, 0.2) is 30.3 Å². The van der Waals surface area contributed by atoms with Crippen molar-refractivity contribution in [3.8, 4) is 11.8 Å². The van der Waals surface area contributed by atoms with Crippen LogP contribution in [-0.2, 0) is 9.53 Å². The number of methoxy groups -OCH3 is 1. The van der Waals surface area contributed by atoms with Crippen molar-refractivity contribution in [2.24, 2.45) is 5.92 Å². The number of benzene rings is 1. The Kier molecular flexibility index (Phi) is 6.27. The number of hydrogen-bond donors (Lipinski definition) is 0. The van der Waals surface area contributed by atoms with Crippen molar-refractivity contribution in [1.29, 1.82) is 0 Å². The van der Waals surface area contributed by atoms with E-state index in [0.29, 0.717) is 0 Å². The van der Waals surface area contributed by atoms with E-state index in [0.717, 1.165) is 17.1 Å². The number of hydrogen-bond acceptors (Lipinski definition) is 3. The molecule has 0 aliphatic heterocycles. The van der Waals surface area contributed by atoms with Crippen LogP contribution in [0, 0.1) is 17.8 Å². The Bertz CT molecular complexity index is 403. The van der Waals surface area contributed by atoms with Crippen molar-refractivity contribution in [1.82, 2.24) is 0 Å². The maximum atomic E-state index is 11.1. The van der Waals surface area contributed by atoms with Crippen LogP contribution in [0.1, 0.15) is 12.5 Å². The standard InChI is InChI=1S/C14H16O2S/c1-12(14(15)16-2)11-17-10-6-9-13-7-4-3-5-8-13/h3-5,7-8,12H,10-11H2,1-2H3. The Labute approximate surface area is 107 Å². The monoisotopic (exact) mass is 248 g/mol. The predicted molar refractivity (Wildman–Crippen MR) is 71.8 cm³/mol. The zero-order chi connectivity index (χ0) is 12.5. The summed E-state index contributed by atoms with van der Waals surface area (Å²) < 4.78 is 4.65. The van der Waals surface area contributed by atoms with Crippen LogP contribution in [0.5, 0.6) is 0 Å². The summed E-state index contributed by atoms with van der Waals surface area (Å²) in [6.07, 6.45) is 0. The molecule has 0 saturated heterocycles. The van der Waals surface area contributed by atoms with Gasteiger partial charge in [0.25, 0.3) is 0 Å². The quantitative estimate of drug-likeness (QED) is 0.465. The fraction of sp³-hybridized carbons (Fsp3) is 0.357. The highest BCUT2D eigenvalue weighted by atomic mass is 32.2. The second-order valence-electron chi connectivity index (χ2n) is 3.61. The maximum Gasteiger partial charge on any atom is 0.309 e. The molecule has 0 heterocycles. The van der Waals surface area contributed by atoms with E-state index in [1.807, 2.05) is 37.3 Å². The van der Waals surface area contributed by atoms with Crippen LogP contribution < -0.4 is 0 Å². The first-order valence-corrected chi connectivity index (χ1v) is 6.59. The van der Waals surface area contributed by atoms with Crippen LogP contribution >= 0.6 is 11.8 Å². The van der Waals surface area contributed by atoms with Gasteiger partial charge in [-0.3, -0.25) is 4.79 Å². The minimum atomic E-state index is -0.159. The number of carbonyl (C=O) groups is 1. The van der Waals surface area contributed by atoms with E-state index in [1.54, 1.807) is 11.8 Å². The fourth-order valence-electron chi connectivity index (χ4n) is 1.22. The van der Waals surface area contributed by atoms with Gasteiger partial charge in [-0.15, -0.1) is 11.8 Å². The average Bonchev–Trinajstić information content (AvgIpc) is 2.38. The Morgan fingerprint density at radius 2 is 2.12 bits per heavy atom. The smallest absolute Gasteiger partial charge is 0.309 e. The lowest BCUT2D eigenvalue weighted by Crippen LogP contribution is -2.14. The second kappa shape index (κ2) is 7.81. The van der Waals surface area contributed by atoms with Gasteiger partial charge in [0.15, 0.2) is 0 Å². The fourth-order valence-corrected chi connectivity index (χ4v) is 2.00. The highest BCUT2D eigenvalue weighted by Gasteiger charge is 2.11. The first-order chi connectivity index (χ1) is 8.24. The summed E-state index contributed by atoms with van der Waals surface area (Å²) in [5.74, 6) is 7.40. The van der Waals surface area contributed by atoms with E-state index in [4.69, 9.17) is 0 Å². The van der Waals surface area contributed by atoms with Gasteiger partial charge in [-0.05, 0) is 12.1 Å². The van der Waals surface area contributed by atoms with E-state index < -0.39 is 0 Å². The molecule has 1 atom stereocenters. The number of rotatable bonds is 4. The van der Waals surface area contributed by atoms with Crippen molar-refractivity contribution >= 4 is 17.7 Å². The summed E-state index contributed by atoms with van der Waals surface area (Å²) in [5.41, 5.74) is 1.02. The van der Waals surface area contributed by atoms with E-state index in [2.05, 4.69) is 16.6 Å². The van der Waals surface area contributed by atoms with Crippen LogP contribution in [-0.4, -0.2) is 24.6 Å². The average molecular weight is 248 g/mol. The zero-order valence-electron chi connectivity index (χ0n) is 10.1. The normalized spacial score (nSPS) is 11.2. The number of esters is 1. The van der Waals surface area contributed by atoms with Crippen LogP contribution in [0.2, 0.25) is 0 Å². The van der Waals surface area contributed by atoms with Crippen LogP contribution in [0.25, 0.3) is 0 Å². The van der Waals surface area contributed by atoms with E-state index in [1.165, 1.54) is 7.11 Å². The lowest BCUT2D eigenvalue weighted by molar-refractivity contribution is -0.143. The molecule has 1 rings (SSSR count). The lowest BCUT2D eigenvalue weighted by Gasteiger charge is -2.06. The van der Waals surface area contributed by atoms with Crippen molar-refractivity contribution in [2.45, 2.75) is 6.92 Å². The molecule has 0 N–H and O–H groups in total. The largest absolute Gasteiger partial charge is 0.469 e. The molecule has 0 fully saturated rings. The first kappa shape index (κ1) is 13.7. The van der Waals surface area contributed by atoms with Crippen molar-refractivity contribution in [3.05, 3.63) is 35.9 Å². The Hall–Kier alpha value is -1.40. The van der Waals surface area contributed by atoms with Gasteiger partial charge >= 0.3 is 5.97 Å². The molecule has 2 nitrogen and oxygen atoms in total. The number of carbonyl (C=O) groups excluding carboxylic acids is 1. The van der Waals surface area contributed by atoms with Gasteiger partial charge < -0.3 is 4.74 Å². The molecule has 90 valence electrons. The van der Waals surface area contributed by atoms with Gasteiger partial charge in [0.2, 0.25) is 0 Å². The third kappa shape index (κ3) is 5.46. The Balaban J connectivity index is 2.25. The third-order valence-electron chi connectivity index (χ3n) is 2.15. The minimum absolute atomic E-state index is 0.0662. The third-order valence-corrected chi connectivity index (χ3v) is 3.24. The molecule has 0 aliphatic rings. The molecule has 0 aliphatic carbocycles. The highest BCUT2D eigenvalue weighted by molar-refractivity contribution is 7.99. The SMILES string of the molecule is COC(=O)C(C)CSCC#Cc1ccccc1. The summed E-state index contributed by atoms with van der Waals surface area (Å²) in [6.45, 7) is 1.86. The second-order valence-corrected chi connectivity index (χ2v) is 4.64. The van der Waals surface area contributed by atoms with Crippen molar-refractivity contribution in [3.63, 3.8) is 0 Å². The van der Waals surface area contributed by atoms with E-state index in [-0.39, 0.29) is 11.9 Å².